The van der Waals surface area contributed by atoms with Crippen molar-refractivity contribution in [1.29, 1.82) is 0 Å². The molecule has 0 saturated heterocycles. The molecule has 0 spiro atoms. The van der Waals surface area contributed by atoms with Crippen molar-refractivity contribution in [3.05, 3.63) is 60.0 Å². The molecule has 0 fully saturated rings. The Bertz CT molecular complexity index is 634. The minimum absolute atomic E-state index is 0. The summed E-state index contributed by atoms with van der Waals surface area (Å²) >= 11 is 3.67. The molecule has 22 heavy (non-hydrogen) atoms. The minimum Gasteiger partial charge on any atom is -0.744 e. The van der Waals surface area contributed by atoms with Gasteiger partial charge in [0.1, 0.15) is 10.1 Å². The van der Waals surface area contributed by atoms with Gasteiger partial charge < -0.3 is 9.66 Å². The first-order valence-electron chi connectivity index (χ1n) is 5.64. The summed E-state index contributed by atoms with van der Waals surface area (Å²) < 4.78 is 31.4. The van der Waals surface area contributed by atoms with Gasteiger partial charge in [-0.2, -0.15) is 0 Å². The van der Waals surface area contributed by atoms with Gasteiger partial charge in [0, 0.05) is 0 Å². The third kappa shape index (κ3) is 9.99. The van der Waals surface area contributed by atoms with Gasteiger partial charge >= 0.3 is 35.5 Å². The Hall–Kier alpha value is -0.830. The summed E-state index contributed by atoms with van der Waals surface area (Å²) in [5, 5.41) is 8.23. The van der Waals surface area contributed by atoms with E-state index in [1.165, 1.54) is 30.3 Å². The fourth-order valence-electron chi connectivity index (χ4n) is 1.05. The van der Waals surface area contributed by atoms with Gasteiger partial charge in [-0.25, -0.2) is 13.2 Å². The van der Waals surface area contributed by atoms with Gasteiger partial charge in [-0.15, -0.1) is 19.2 Å². The average molecular weight is 350 g/mol. The molecule has 0 unspecified atom stereocenters. The molecule has 1 aromatic carbocycles. The molecule has 114 valence electrons. The van der Waals surface area contributed by atoms with Crippen molar-refractivity contribution < 1.29 is 52.4 Å². The predicted molar refractivity (Wildman–Crippen MR) is 84.0 cm³/mol. The fraction of sp³-hybridized carbons (Fsp3) is 0.0714. The van der Waals surface area contributed by atoms with Crippen LogP contribution in [0, 0.1) is 0 Å². The summed E-state index contributed by atoms with van der Waals surface area (Å²) in [4.78, 5) is 9.88. The molecule has 0 heterocycles. The zero-order chi connectivity index (χ0) is 16.5. The van der Waals surface area contributed by atoms with Crippen molar-refractivity contribution in [1.82, 2.24) is 0 Å². The third-order valence-electron chi connectivity index (χ3n) is 2.10. The normalized spacial score (nSPS) is 10.5. The second-order valence-electron chi connectivity index (χ2n) is 3.65. The second kappa shape index (κ2) is 11.7. The van der Waals surface area contributed by atoms with Crippen molar-refractivity contribution in [3.8, 4) is 0 Å². The minimum atomic E-state index is -4.31. The van der Waals surface area contributed by atoms with Gasteiger partial charge in [0.05, 0.1) is 9.80 Å². The van der Waals surface area contributed by atoms with Crippen LogP contribution in [-0.4, -0.2) is 24.0 Å². The molecule has 0 aliphatic carbocycles. The summed E-state index contributed by atoms with van der Waals surface area (Å²) in [6.45, 7) is 6.92. The molecular formula is C14H15NaO5S2. The summed E-state index contributed by atoms with van der Waals surface area (Å²) in [6, 6.07) is 5.58. The van der Waals surface area contributed by atoms with Crippen LogP contribution in [0.5, 0.6) is 0 Å². The number of aliphatic carboxylic acids is 1. The van der Waals surface area contributed by atoms with Crippen molar-refractivity contribution in [2.24, 2.45) is 0 Å². The van der Waals surface area contributed by atoms with Gasteiger partial charge in [0.2, 0.25) is 0 Å². The summed E-state index contributed by atoms with van der Waals surface area (Å²) in [5.41, 5.74) is 0.780. The Balaban J connectivity index is 0. The van der Waals surface area contributed by atoms with E-state index in [-0.39, 0.29) is 39.4 Å². The molecule has 0 radical (unpaired) electrons. The van der Waals surface area contributed by atoms with Crippen molar-refractivity contribution in [2.45, 2.75) is 11.3 Å². The van der Waals surface area contributed by atoms with E-state index in [9.17, 15) is 17.8 Å². The molecule has 1 N–H and O–H groups in total. The van der Waals surface area contributed by atoms with E-state index >= 15 is 0 Å². The average Bonchev–Trinajstić information content (AvgIpc) is 2.44. The number of rotatable bonds is 5. The zero-order valence-corrected chi connectivity index (χ0v) is 15.8. The fourth-order valence-corrected chi connectivity index (χ4v) is 1.63. The van der Waals surface area contributed by atoms with Gasteiger partial charge in [0.25, 0.3) is 0 Å². The maximum absolute atomic E-state index is 10.5. The Morgan fingerprint density at radius 3 is 2.09 bits per heavy atom. The maximum atomic E-state index is 10.5. The van der Waals surface area contributed by atoms with Crippen molar-refractivity contribution in [3.63, 3.8) is 0 Å². The quantitative estimate of drug-likeness (QED) is 0.250. The van der Waals surface area contributed by atoms with E-state index in [0.717, 1.165) is 5.56 Å². The number of carbonyl (C=O) groups is 1. The topological polar surface area (TPSA) is 94.5 Å². The molecule has 8 heteroatoms. The van der Waals surface area contributed by atoms with Crippen LogP contribution in [0.15, 0.2) is 59.4 Å². The second-order valence-corrected chi connectivity index (χ2v) is 5.51. The molecule has 0 atom stereocenters. The monoisotopic (exact) mass is 350 g/mol. The van der Waals surface area contributed by atoms with Gasteiger partial charge in [-0.3, -0.25) is 0 Å². The van der Waals surface area contributed by atoms with Crippen LogP contribution in [-0.2, 0) is 14.9 Å². The Kier molecular flexibility index (Phi) is 12.5. The smallest absolute Gasteiger partial charge is 0.744 e. The largest absolute Gasteiger partial charge is 1.00 e. The summed E-state index contributed by atoms with van der Waals surface area (Å²) in [6.07, 6.45) is 5.21. The molecule has 1 aromatic rings. The van der Waals surface area contributed by atoms with E-state index in [1.54, 1.807) is 12.2 Å². The zero-order valence-electron chi connectivity index (χ0n) is 12.1. The Morgan fingerprint density at radius 1 is 1.27 bits per heavy atom. The molecule has 0 aliphatic rings. The van der Waals surface area contributed by atoms with Gasteiger partial charge in [-0.05, 0) is 24.1 Å². The van der Waals surface area contributed by atoms with E-state index in [4.69, 9.17) is 5.11 Å². The van der Waals surface area contributed by atoms with E-state index in [2.05, 4.69) is 25.8 Å². The summed E-state index contributed by atoms with van der Waals surface area (Å²) in [7, 11) is -4.31. The predicted octanol–water partition coefficient (Wildman–Crippen LogP) is -0.301. The van der Waals surface area contributed by atoms with Crippen LogP contribution in [0.4, 0.5) is 0 Å². The molecule has 0 bridgehead atoms. The first-order valence-corrected chi connectivity index (χ1v) is 7.49. The van der Waals surface area contributed by atoms with Crippen LogP contribution in [0.3, 0.4) is 0 Å². The molecule has 0 amide bonds. The Labute approximate surface area is 157 Å². The molecule has 1 rings (SSSR count). The number of hydrogen-bond acceptors (Lipinski definition) is 5. The van der Waals surface area contributed by atoms with Crippen molar-refractivity contribution >= 4 is 34.8 Å². The number of allylic oxidation sites excluding steroid dienone is 2. The molecule has 0 aromatic heterocycles. The van der Waals surface area contributed by atoms with Crippen molar-refractivity contribution in [2.75, 3.05) is 0 Å². The standard InChI is InChI=1S/C8H8O3S.C6H8O2S.Na/c1-2-7-3-5-8(6-4-7)12(9,10)11;1-2-3-4-5(9)6(7)8;/h2-6H,1H2,(H,9,10,11);2,4,9H,1,3H2,(H,7,8);/q;;+1/p-1. The van der Waals surface area contributed by atoms with Crippen LogP contribution in [0.25, 0.3) is 6.08 Å². The first-order chi connectivity index (χ1) is 9.72. The SMILES string of the molecule is C=CCC=C(S)C(=O)O.C=Cc1ccc(S(=O)(=O)[O-])cc1.[Na+]. The van der Waals surface area contributed by atoms with E-state index in [0.29, 0.717) is 6.42 Å². The molecular weight excluding hydrogens is 335 g/mol. The maximum Gasteiger partial charge on any atom is 1.00 e. The molecule has 5 nitrogen and oxygen atoms in total. The van der Waals surface area contributed by atoms with Crippen LogP contribution < -0.4 is 29.6 Å². The number of carboxylic acid groups (broad SMARTS) is 1. The van der Waals surface area contributed by atoms with E-state index in [1.807, 2.05) is 0 Å². The summed E-state index contributed by atoms with van der Waals surface area (Å²) in [5.74, 6) is -1.000. The van der Waals surface area contributed by atoms with E-state index < -0.39 is 16.1 Å². The third-order valence-corrected chi connectivity index (χ3v) is 3.32. The van der Waals surface area contributed by atoms with Gasteiger partial charge in [-0.1, -0.05) is 36.9 Å². The van der Waals surface area contributed by atoms with Gasteiger partial charge in [0.15, 0.2) is 0 Å². The van der Waals surface area contributed by atoms with Crippen LogP contribution in [0.1, 0.15) is 12.0 Å². The first kappa shape index (κ1) is 23.4. The van der Waals surface area contributed by atoms with Crippen LogP contribution in [0.2, 0.25) is 0 Å². The van der Waals surface area contributed by atoms with Crippen LogP contribution >= 0.6 is 12.6 Å². The number of hydrogen-bond donors (Lipinski definition) is 2. The number of thiol groups is 1. The Morgan fingerprint density at radius 2 is 1.77 bits per heavy atom. The number of carboxylic acids is 1. The number of benzene rings is 1. The molecule has 0 aliphatic heterocycles. The molecule has 0 saturated carbocycles.